The Morgan fingerprint density at radius 2 is 2.20 bits per heavy atom. The maximum atomic E-state index is 5.38. The SMILES string of the molecule is COc1cccc2c1c(Br)cn2C1CC1. The molecule has 2 nitrogen and oxygen atoms in total. The first-order valence-electron chi connectivity index (χ1n) is 5.14. The van der Waals surface area contributed by atoms with Gasteiger partial charge in [0, 0.05) is 16.7 Å². The standard InChI is InChI=1S/C12H12BrNO/c1-15-11-4-2-3-10-12(11)9(13)7-14(10)8-5-6-8/h2-4,7-8H,5-6H2,1H3. The van der Waals surface area contributed by atoms with Crippen LogP contribution in [0.1, 0.15) is 18.9 Å². The molecule has 78 valence electrons. The second-order valence-corrected chi connectivity index (χ2v) is 4.82. The molecular weight excluding hydrogens is 254 g/mol. The topological polar surface area (TPSA) is 14.2 Å². The van der Waals surface area contributed by atoms with Gasteiger partial charge in [-0.05, 0) is 40.9 Å². The lowest BCUT2D eigenvalue weighted by Crippen LogP contribution is -1.90. The van der Waals surface area contributed by atoms with Gasteiger partial charge in [-0.15, -0.1) is 0 Å². The van der Waals surface area contributed by atoms with Gasteiger partial charge in [-0.2, -0.15) is 0 Å². The number of fused-ring (bicyclic) bond motifs is 1. The summed E-state index contributed by atoms with van der Waals surface area (Å²) in [6.45, 7) is 0. The highest BCUT2D eigenvalue weighted by Crippen LogP contribution is 2.42. The van der Waals surface area contributed by atoms with E-state index in [0.717, 1.165) is 10.2 Å². The van der Waals surface area contributed by atoms with E-state index in [4.69, 9.17) is 4.74 Å². The third-order valence-corrected chi connectivity index (χ3v) is 3.54. The Morgan fingerprint density at radius 1 is 1.40 bits per heavy atom. The quantitative estimate of drug-likeness (QED) is 0.807. The Morgan fingerprint density at radius 3 is 2.87 bits per heavy atom. The van der Waals surface area contributed by atoms with E-state index < -0.39 is 0 Å². The lowest BCUT2D eigenvalue weighted by atomic mass is 10.2. The van der Waals surface area contributed by atoms with E-state index in [0.29, 0.717) is 6.04 Å². The van der Waals surface area contributed by atoms with Crippen molar-refractivity contribution in [1.29, 1.82) is 0 Å². The van der Waals surface area contributed by atoms with Crippen molar-refractivity contribution in [3.8, 4) is 5.75 Å². The molecule has 0 saturated heterocycles. The number of benzene rings is 1. The number of aromatic nitrogens is 1. The molecule has 0 atom stereocenters. The van der Waals surface area contributed by atoms with E-state index in [-0.39, 0.29) is 0 Å². The Hall–Kier alpha value is -0.960. The van der Waals surface area contributed by atoms with Crippen LogP contribution in [0.15, 0.2) is 28.9 Å². The summed E-state index contributed by atoms with van der Waals surface area (Å²) in [7, 11) is 1.72. The van der Waals surface area contributed by atoms with E-state index in [1.807, 2.05) is 12.1 Å². The van der Waals surface area contributed by atoms with Crippen LogP contribution in [-0.4, -0.2) is 11.7 Å². The summed E-state index contributed by atoms with van der Waals surface area (Å²) in [6, 6.07) is 6.91. The zero-order chi connectivity index (χ0) is 10.4. The third kappa shape index (κ3) is 1.37. The van der Waals surface area contributed by atoms with Crippen LogP contribution in [0.4, 0.5) is 0 Å². The number of rotatable bonds is 2. The highest BCUT2D eigenvalue weighted by Gasteiger charge is 2.26. The molecule has 0 N–H and O–H groups in total. The molecule has 0 bridgehead atoms. The van der Waals surface area contributed by atoms with Gasteiger partial charge in [-0.1, -0.05) is 6.07 Å². The van der Waals surface area contributed by atoms with Crippen molar-refractivity contribution in [2.24, 2.45) is 0 Å². The Balaban J connectivity index is 2.32. The maximum Gasteiger partial charge on any atom is 0.129 e. The molecule has 1 heterocycles. The van der Waals surface area contributed by atoms with Gasteiger partial charge in [0.1, 0.15) is 5.75 Å². The summed E-state index contributed by atoms with van der Waals surface area (Å²) < 4.78 is 8.85. The molecule has 1 fully saturated rings. The van der Waals surface area contributed by atoms with Crippen molar-refractivity contribution in [2.45, 2.75) is 18.9 Å². The molecule has 0 radical (unpaired) electrons. The Labute approximate surface area is 97.0 Å². The zero-order valence-electron chi connectivity index (χ0n) is 8.53. The monoisotopic (exact) mass is 265 g/mol. The van der Waals surface area contributed by atoms with Crippen molar-refractivity contribution < 1.29 is 4.74 Å². The van der Waals surface area contributed by atoms with E-state index in [1.165, 1.54) is 23.7 Å². The third-order valence-electron chi connectivity index (χ3n) is 2.93. The predicted octanol–water partition coefficient (Wildman–Crippen LogP) is 3.75. The minimum atomic E-state index is 0.700. The minimum Gasteiger partial charge on any atom is -0.496 e. The second kappa shape index (κ2) is 3.27. The van der Waals surface area contributed by atoms with Gasteiger partial charge in [0.25, 0.3) is 0 Å². The van der Waals surface area contributed by atoms with E-state index in [9.17, 15) is 0 Å². The van der Waals surface area contributed by atoms with Crippen LogP contribution in [0.25, 0.3) is 10.9 Å². The fraction of sp³-hybridized carbons (Fsp3) is 0.333. The molecule has 1 aromatic heterocycles. The Bertz CT molecular complexity index is 514. The second-order valence-electron chi connectivity index (χ2n) is 3.97. The number of methoxy groups -OCH3 is 1. The van der Waals surface area contributed by atoms with Crippen LogP contribution in [0, 0.1) is 0 Å². The first kappa shape index (κ1) is 9.28. The van der Waals surface area contributed by atoms with E-state index >= 15 is 0 Å². The molecule has 2 aromatic rings. The number of hydrogen-bond donors (Lipinski definition) is 0. The van der Waals surface area contributed by atoms with Gasteiger partial charge < -0.3 is 9.30 Å². The summed E-state index contributed by atoms with van der Waals surface area (Å²) in [5.41, 5.74) is 1.27. The zero-order valence-corrected chi connectivity index (χ0v) is 10.1. The number of ether oxygens (including phenoxy) is 1. The molecule has 1 saturated carbocycles. The van der Waals surface area contributed by atoms with Crippen LogP contribution in [-0.2, 0) is 0 Å². The van der Waals surface area contributed by atoms with Crippen LogP contribution in [0.3, 0.4) is 0 Å². The minimum absolute atomic E-state index is 0.700. The molecular formula is C12H12BrNO. The van der Waals surface area contributed by atoms with Gasteiger partial charge in [0.2, 0.25) is 0 Å². The summed E-state index contributed by atoms with van der Waals surface area (Å²) in [6.07, 6.45) is 4.77. The largest absolute Gasteiger partial charge is 0.496 e. The molecule has 0 aliphatic heterocycles. The van der Waals surface area contributed by atoms with Crippen molar-refractivity contribution in [2.75, 3.05) is 7.11 Å². The van der Waals surface area contributed by atoms with Crippen molar-refractivity contribution in [1.82, 2.24) is 4.57 Å². The smallest absolute Gasteiger partial charge is 0.129 e. The van der Waals surface area contributed by atoms with Crippen molar-refractivity contribution >= 4 is 26.8 Å². The number of halogens is 1. The van der Waals surface area contributed by atoms with Gasteiger partial charge in [0.15, 0.2) is 0 Å². The maximum absolute atomic E-state index is 5.38. The normalized spacial score (nSPS) is 15.9. The molecule has 1 aliphatic carbocycles. The van der Waals surface area contributed by atoms with Gasteiger partial charge in [-0.25, -0.2) is 0 Å². The van der Waals surface area contributed by atoms with Crippen LogP contribution in [0.5, 0.6) is 5.75 Å². The molecule has 3 heteroatoms. The Kier molecular flexibility index (Phi) is 2.02. The average molecular weight is 266 g/mol. The van der Waals surface area contributed by atoms with Crippen LogP contribution in [0.2, 0.25) is 0 Å². The van der Waals surface area contributed by atoms with Crippen LogP contribution < -0.4 is 4.74 Å². The molecule has 0 spiro atoms. The molecule has 15 heavy (non-hydrogen) atoms. The molecule has 0 amide bonds. The molecule has 3 rings (SSSR count). The summed E-state index contributed by atoms with van der Waals surface area (Å²) >= 11 is 3.60. The summed E-state index contributed by atoms with van der Waals surface area (Å²) in [4.78, 5) is 0. The number of nitrogens with zero attached hydrogens (tertiary/aromatic N) is 1. The van der Waals surface area contributed by atoms with E-state index in [2.05, 4.69) is 32.8 Å². The summed E-state index contributed by atoms with van der Waals surface area (Å²) in [5.74, 6) is 0.943. The number of hydrogen-bond acceptors (Lipinski definition) is 1. The average Bonchev–Trinajstić information content (AvgIpc) is 3.04. The highest BCUT2D eigenvalue weighted by atomic mass is 79.9. The van der Waals surface area contributed by atoms with Crippen molar-refractivity contribution in [3.05, 3.63) is 28.9 Å². The first-order valence-corrected chi connectivity index (χ1v) is 5.93. The molecule has 1 aliphatic rings. The van der Waals surface area contributed by atoms with Crippen LogP contribution >= 0.6 is 15.9 Å². The fourth-order valence-electron chi connectivity index (χ4n) is 2.06. The van der Waals surface area contributed by atoms with Crippen molar-refractivity contribution in [3.63, 3.8) is 0 Å². The lowest BCUT2D eigenvalue weighted by molar-refractivity contribution is 0.419. The van der Waals surface area contributed by atoms with Gasteiger partial charge >= 0.3 is 0 Å². The first-order chi connectivity index (χ1) is 7.31. The highest BCUT2D eigenvalue weighted by molar-refractivity contribution is 9.10. The fourth-order valence-corrected chi connectivity index (χ4v) is 2.67. The van der Waals surface area contributed by atoms with Gasteiger partial charge in [0.05, 0.1) is 18.0 Å². The summed E-state index contributed by atoms with van der Waals surface area (Å²) in [5, 5.41) is 1.19. The molecule has 1 aromatic carbocycles. The predicted molar refractivity (Wildman–Crippen MR) is 64.5 cm³/mol. The lowest BCUT2D eigenvalue weighted by Gasteiger charge is -2.04. The van der Waals surface area contributed by atoms with E-state index in [1.54, 1.807) is 7.11 Å². The molecule has 0 unspecified atom stereocenters. The van der Waals surface area contributed by atoms with Gasteiger partial charge in [-0.3, -0.25) is 0 Å².